The van der Waals surface area contributed by atoms with Crippen molar-refractivity contribution in [3.63, 3.8) is 0 Å². The highest BCUT2D eigenvalue weighted by molar-refractivity contribution is 4.89. The van der Waals surface area contributed by atoms with Crippen LogP contribution in [-0.2, 0) is 4.74 Å². The van der Waals surface area contributed by atoms with Gasteiger partial charge in [-0.2, -0.15) is 0 Å². The highest BCUT2D eigenvalue weighted by Gasteiger charge is 2.32. The van der Waals surface area contributed by atoms with Crippen molar-refractivity contribution in [3.05, 3.63) is 0 Å². The minimum absolute atomic E-state index is 0.394. The highest BCUT2D eigenvalue weighted by atomic mass is 16.5. The Morgan fingerprint density at radius 1 is 1.26 bits per heavy atom. The normalized spacial score (nSPS) is 26.4. The zero-order chi connectivity index (χ0) is 13.7. The van der Waals surface area contributed by atoms with E-state index in [1.165, 1.54) is 51.7 Å². The molecule has 0 radical (unpaired) electrons. The van der Waals surface area contributed by atoms with Gasteiger partial charge in [0.05, 0.1) is 6.10 Å². The standard InChI is InChI=1S/C16H32N2O/c1-4-16(5-2,12-17-15-7-8-15)13-18-9-6-10-19-14(3)11-18/h14-15,17H,4-13H2,1-3H3. The van der Waals surface area contributed by atoms with E-state index in [1.807, 2.05) is 0 Å². The maximum atomic E-state index is 5.77. The van der Waals surface area contributed by atoms with E-state index in [1.54, 1.807) is 0 Å². The third kappa shape index (κ3) is 4.73. The van der Waals surface area contributed by atoms with E-state index >= 15 is 0 Å². The number of hydrogen-bond acceptors (Lipinski definition) is 3. The third-order valence-corrected chi connectivity index (χ3v) is 4.94. The largest absolute Gasteiger partial charge is 0.377 e. The Bertz CT molecular complexity index is 261. The van der Waals surface area contributed by atoms with Gasteiger partial charge in [0, 0.05) is 38.8 Å². The van der Waals surface area contributed by atoms with Crippen LogP contribution in [0.2, 0.25) is 0 Å². The van der Waals surface area contributed by atoms with Gasteiger partial charge in [0.15, 0.2) is 0 Å². The molecule has 0 aromatic rings. The first-order valence-corrected chi connectivity index (χ1v) is 8.25. The van der Waals surface area contributed by atoms with E-state index in [0.29, 0.717) is 11.5 Å². The van der Waals surface area contributed by atoms with Crippen molar-refractivity contribution in [2.45, 2.75) is 65.0 Å². The van der Waals surface area contributed by atoms with Crippen LogP contribution in [0.5, 0.6) is 0 Å². The molecule has 1 aliphatic carbocycles. The molecule has 1 atom stereocenters. The lowest BCUT2D eigenvalue weighted by molar-refractivity contribution is 0.0571. The van der Waals surface area contributed by atoms with Gasteiger partial charge >= 0.3 is 0 Å². The van der Waals surface area contributed by atoms with Crippen LogP contribution in [0.3, 0.4) is 0 Å². The van der Waals surface area contributed by atoms with E-state index in [4.69, 9.17) is 4.74 Å². The molecule has 2 aliphatic rings. The van der Waals surface area contributed by atoms with Crippen molar-refractivity contribution in [2.24, 2.45) is 5.41 Å². The molecule has 1 unspecified atom stereocenters. The fraction of sp³-hybridized carbons (Fsp3) is 1.00. The van der Waals surface area contributed by atoms with Gasteiger partial charge in [-0.3, -0.25) is 0 Å². The zero-order valence-corrected chi connectivity index (χ0v) is 13.1. The van der Waals surface area contributed by atoms with Crippen molar-refractivity contribution in [1.29, 1.82) is 0 Å². The van der Waals surface area contributed by atoms with E-state index in [2.05, 4.69) is 31.0 Å². The lowest BCUT2D eigenvalue weighted by Gasteiger charge is -2.37. The van der Waals surface area contributed by atoms with Crippen LogP contribution in [-0.4, -0.2) is 49.8 Å². The molecule has 19 heavy (non-hydrogen) atoms. The fourth-order valence-corrected chi connectivity index (χ4v) is 3.13. The molecule has 1 saturated heterocycles. The summed E-state index contributed by atoms with van der Waals surface area (Å²) in [5, 5.41) is 3.76. The van der Waals surface area contributed by atoms with Crippen molar-refractivity contribution >= 4 is 0 Å². The molecule has 1 N–H and O–H groups in total. The Kier molecular flexibility index (Phi) is 5.67. The fourth-order valence-electron chi connectivity index (χ4n) is 3.13. The van der Waals surface area contributed by atoms with E-state index < -0.39 is 0 Å². The quantitative estimate of drug-likeness (QED) is 0.768. The summed E-state index contributed by atoms with van der Waals surface area (Å²) in [6.45, 7) is 12.6. The molecule has 0 spiro atoms. The molecular weight excluding hydrogens is 236 g/mol. The van der Waals surface area contributed by atoms with Gasteiger partial charge in [-0.05, 0) is 44.4 Å². The van der Waals surface area contributed by atoms with Crippen LogP contribution < -0.4 is 5.32 Å². The van der Waals surface area contributed by atoms with Crippen LogP contribution in [0.15, 0.2) is 0 Å². The SMILES string of the molecule is CCC(CC)(CNC1CC1)CN1CCCOC(C)C1. The molecule has 3 heteroatoms. The van der Waals surface area contributed by atoms with Gasteiger partial charge in [0.25, 0.3) is 0 Å². The molecule has 0 aromatic carbocycles. The Labute approximate surface area is 119 Å². The molecule has 0 amide bonds. The van der Waals surface area contributed by atoms with Crippen LogP contribution >= 0.6 is 0 Å². The second kappa shape index (κ2) is 7.05. The molecule has 112 valence electrons. The lowest BCUT2D eigenvalue weighted by Crippen LogP contribution is -2.45. The van der Waals surface area contributed by atoms with Crippen LogP contribution in [0.25, 0.3) is 0 Å². The Morgan fingerprint density at radius 3 is 2.63 bits per heavy atom. The molecule has 1 heterocycles. The van der Waals surface area contributed by atoms with Crippen LogP contribution in [0.4, 0.5) is 0 Å². The molecule has 2 rings (SSSR count). The van der Waals surface area contributed by atoms with Crippen LogP contribution in [0, 0.1) is 5.41 Å². The predicted octanol–water partition coefficient (Wildman–Crippen LogP) is 2.66. The summed E-state index contributed by atoms with van der Waals surface area (Å²) >= 11 is 0. The first-order chi connectivity index (χ1) is 9.17. The summed E-state index contributed by atoms with van der Waals surface area (Å²) in [5.41, 5.74) is 0.451. The summed E-state index contributed by atoms with van der Waals surface area (Å²) in [7, 11) is 0. The lowest BCUT2D eigenvalue weighted by atomic mass is 9.81. The Hall–Kier alpha value is -0.120. The van der Waals surface area contributed by atoms with Gasteiger partial charge in [0.1, 0.15) is 0 Å². The van der Waals surface area contributed by atoms with E-state index in [-0.39, 0.29) is 0 Å². The average molecular weight is 268 g/mol. The van der Waals surface area contributed by atoms with Crippen molar-refractivity contribution in [1.82, 2.24) is 10.2 Å². The molecule has 1 saturated carbocycles. The maximum absolute atomic E-state index is 5.77. The molecule has 1 aliphatic heterocycles. The smallest absolute Gasteiger partial charge is 0.0673 e. The summed E-state index contributed by atoms with van der Waals surface area (Å²) in [6, 6.07) is 0.823. The Morgan fingerprint density at radius 2 is 2.00 bits per heavy atom. The van der Waals surface area contributed by atoms with Crippen LogP contribution in [0.1, 0.15) is 52.9 Å². The van der Waals surface area contributed by atoms with Gasteiger partial charge in [-0.15, -0.1) is 0 Å². The summed E-state index contributed by atoms with van der Waals surface area (Å²) in [6.07, 6.45) is 6.90. The minimum Gasteiger partial charge on any atom is -0.377 e. The average Bonchev–Trinajstić information content (AvgIpc) is 3.23. The summed E-state index contributed by atoms with van der Waals surface area (Å²) in [5.74, 6) is 0. The first-order valence-electron chi connectivity index (χ1n) is 8.25. The van der Waals surface area contributed by atoms with Gasteiger partial charge in [0.2, 0.25) is 0 Å². The molecule has 0 bridgehead atoms. The predicted molar refractivity (Wildman–Crippen MR) is 80.5 cm³/mol. The van der Waals surface area contributed by atoms with Gasteiger partial charge in [-0.1, -0.05) is 13.8 Å². The van der Waals surface area contributed by atoms with E-state index in [9.17, 15) is 0 Å². The third-order valence-electron chi connectivity index (χ3n) is 4.94. The second-order valence-electron chi connectivity index (χ2n) is 6.63. The molecule has 2 fully saturated rings. The zero-order valence-electron chi connectivity index (χ0n) is 13.1. The molecular formula is C16H32N2O. The number of hydrogen-bond donors (Lipinski definition) is 1. The van der Waals surface area contributed by atoms with Gasteiger partial charge in [-0.25, -0.2) is 0 Å². The Balaban J connectivity index is 1.89. The monoisotopic (exact) mass is 268 g/mol. The maximum Gasteiger partial charge on any atom is 0.0673 e. The van der Waals surface area contributed by atoms with E-state index in [0.717, 1.165) is 19.2 Å². The number of ether oxygens (including phenoxy) is 1. The second-order valence-corrected chi connectivity index (χ2v) is 6.63. The number of nitrogens with one attached hydrogen (secondary N) is 1. The van der Waals surface area contributed by atoms with Crippen molar-refractivity contribution in [3.8, 4) is 0 Å². The minimum atomic E-state index is 0.394. The highest BCUT2D eigenvalue weighted by Crippen LogP contribution is 2.29. The first kappa shape index (κ1) is 15.3. The molecule has 0 aromatic heterocycles. The number of rotatable bonds is 7. The topological polar surface area (TPSA) is 24.5 Å². The number of nitrogens with zero attached hydrogens (tertiary/aromatic N) is 1. The van der Waals surface area contributed by atoms with Crippen molar-refractivity contribution in [2.75, 3.05) is 32.8 Å². The summed E-state index contributed by atoms with van der Waals surface area (Å²) < 4.78 is 5.77. The van der Waals surface area contributed by atoms with Crippen molar-refractivity contribution < 1.29 is 4.74 Å². The summed E-state index contributed by atoms with van der Waals surface area (Å²) in [4.78, 5) is 2.64. The molecule has 3 nitrogen and oxygen atoms in total. The van der Waals surface area contributed by atoms with Gasteiger partial charge < -0.3 is 15.0 Å².